The highest BCUT2D eigenvalue weighted by Gasteiger charge is 2.24. The molecule has 0 radical (unpaired) electrons. The third kappa shape index (κ3) is 5.72. The molecule has 0 bridgehead atoms. The molecule has 1 amide bonds. The highest BCUT2D eigenvalue weighted by atomic mass is 32.2. The summed E-state index contributed by atoms with van der Waals surface area (Å²) in [6, 6.07) is 16.1. The van der Waals surface area contributed by atoms with E-state index in [2.05, 4.69) is 28.5 Å². The fraction of sp³-hybridized carbons (Fsp3) is 0.318. The Morgan fingerprint density at radius 3 is 2.84 bits per heavy atom. The summed E-state index contributed by atoms with van der Waals surface area (Å²) in [7, 11) is 1.66. The number of hydrogen-bond donors (Lipinski definition) is 1. The number of carbonyl (C=O) groups excluding carboxylic acids is 1. The van der Waals surface area contributed by atoms with Crippen molar-refractivity contribution >= 4 is 51.6 Å². The first-order chi connectivity index (χ1) is 15.1. The van der Waals surface area contributed by atoms with Crippen LogP contribution in [0.25, 0.3) is 0 Å². The number of nitrogens with one attached hydrogen (secondary N) is 1. The maximum Gasteiger partial charge on any atom is 0.237 e. The molecule has 1 aliphatic heterocycles. The van der Waals surface area contributed by atoms with Crippen molar-refractivity contribution in [2.45, 2.75) is 34.4 Å². The lowest BCUT2D eigenvalue weighted by Crippen LogP contribution is -2.33. The molecular weight excluding hydrogens is 448 g/mol. The lowest BCUT2D eigenvalue weighted by Gasteiger charge is -2.22. The molecule has 0 aliphatic carbocycles. The van der Waals surface area contributed by atoms with Crippen molar-refractivity contribution in [3.05, 3.63) is 54.1 Å². The molecule has 6 nitrogen and oxygen atoms in total. The Kier molecular flexibility index (Phi) is 7.37. The Hall–Kier alpha value is -2.23. The molecule has 0 unspecified atom stereocenters. The van der Waals surface area contributed by atoms with E-state index in [0.29, 0.717) is 17.5 Å². The SMILES string of the molecule is COc1ccc(CNc2nnc(SCC(=O)N3CC[C@@H](C)Sc4ccccc43)s2)cc1. The van der Waals surface area contributed by atoms with E-state index in [0.717, 1.165) is 39.4 Å². The number of anilines is 2. The molecule has 4 rings (SSSR count). The molecule has 1 aromatic heterocycles. The Balaban J connectivity index is 1.32. The molecule has 0 fully saturated rings. The molecule has 162 valence electrons. The second-order valence-corrected chi connectivity index (χ2v) is 10.8. The van der Waals surface area contributed by atoms with Crippen LogP contribution in [0.2, 0.25) is 0 Å². The molecule has 0 spiro atoms. The van der Waals surface area contributed by atoms with E-state index in [9.17, 15) is 4.79 Å². The van der Waals surface area contributed by atoms with Gasteiger partial charge in [0.25, 0.3) is 0 Å². The molecule has 2 heterocycles. The first-order valence-electron chi connectivity index (χ1n) is 10.0. The maximum atomic E-state index is 13.0. The van der Waals surface area contributed by atoms with Crippen LogP contribution in [0.3, 0.4) is 0 Å². The second kappa shape index (κ2) is 10.4. The van der Waals surface area contributed by atoms with Crippen LogP contribution in [0.15, 0.2) is 57.8 Å². The van der Waals surface area contributed by atoms with Crippen LogP contribution >= 0.6 is 34.9 Å². The van der Waals surface area contributed by atoms with Gasteiger partial charge in [-0.05, 0) is 36.2 Å². The standard InChI is InChI=1S/C22H24N4O2S3/c1-15-11-12-26(18-5-3-4-6-19(18)30-15)20(27)14-29-22-25-24-21(31-22)23-13-16-7-9-17(28-2)10-8-16/h3-10,15H,11-14H2,1-2H3,(H,23,24)/t15-/m1/s1. The minimum absolute atomic E-state index is 0.107. The van der Waals surface area contributed by atoms with Crippen molar-refractivity contribution in [3.63, 3.8) is 0 Å². The summed E-state index contributed by atoms with van der Waals surface area (Å²) in [5.74, 6) is 1.29. The number of thioether (sulfide) groups is 2. The van der Waals surface area contributed by atoms with Gasteiger partial charge < -0.3 is 15.0 Å². The van der Waals surface area contributed by atoms with E-state index < -0.39 is 0 Å². The highest BCUT2D eigenvalue weighted by molar-refractivity contribution is 8.01. The summed E-state index contributed by atoms with van der Waals surface area (Å²) >= 11 is 4.75. The second-order valence-electron chi connectivity index (χ2n) is 7.09. The first-order valence-corrected chi connectivity index (χ1v) is 12.7. The summed E-state index contributed by atoms with van der Waals surface area (Å²) in [5.41, 5.74) is 2.15. The zero-order valence-electron chi connectivity index (χ0n) is 17.4. The maximum absolute atomic E-state index is 13.0. The molecule has 1 atom stereocenters. The zero-order valence-corrected chi connectivity index (χ0v) is 19.9. The molecule has 9 heteroatoms. The van der Waals surface area contributed by atoms with Crippen molar-refractivity contribution in [1.82, 2.24) is 10.2 Å². The number of benzene rings is 2. The average Bonchev–Trinajstić information content (AvgIpc) is 3.18. The number of nitrogens with zero attached hydrogens (tertiary/aromatic N) is 3. The number of amides is 1. The van der Waals surface area contributed by atoms with E-state index in [-0.39, 0.29) is 5.91 Å². The Morgan fingerprint density at radius 1 is 1.23 bits per heavy atom. The van der Waals surface area contributed by atoms with E-state index in [1.165, 1.54) is 28.0 Å². The Labute approximate surface area is 194 Å². The van der Waals surface area contributed by atoms with Crippen molar-refractivity contribution in [1.29, 1.82) is 0 Å². The van der Waals surface area contributed by atoms with Gasteiger partial charge in [0.15, 0.2) is 4.34 Å². The van der Waals surface area contributed by atoms with Gasteiger partial charge in [-0.2, -0.15) is 0 Å². The van der Waals surface area contributed by atoms with E-state index in [1.807, 2.05) is 59.1 Å². The van der Waals surface area contributed by atoms with Gasteiger partial charge in [0, 0.05) is 23.2 Å². The van der Waals surface area contributed by atoms with Gasteiger partial charge in [-0.3, -0.25) is 4.79 Å². The van der Waals surface area contributed by atoms with Crippen LogP contribution in [0.4, 0.5) is 10.8 Å². The van der Waals surface area contributed by atoms with Gasteiger partial charge in [-0.15, -0.1) is 22.0 Å². The molecule has 0 saturated carbocycles. The topological polar surface area (TPSA) is 67.3 Å². The van der Waals surface area contributed by atoms with Crippen LogP contribution in [0.1, 0.15) is 18.9 Å². The lowest BCUT2D eigenvalue weighted by atomic mass is 10.2. The molecule has 31 heavy (non-hydrogen) atoms. The normalized spacial score (nSPS) is 15.8. The molecule has 2 aromatic carbocycles. The minimum atomic E-state index is 0.107. The zero-order chi connectivity index (χ0) is 21.6. The number of carbonyl (C=O) groups is 1. The smallest absolute Gasteiger partial charge is 0.237 e. The van der Waals surface area contributed by atoms with Gasteiger partial charge in [-0.25, -0.2) is 0 Å². The fourth-order valence-corrected chi connectivity index (χ4v) is 5.94. The summed E-state index contributed by atoms with van der Waals surface area (Å²) in [5, 5.41) is 13.0. The number of fused-ring (bicyclic) bond motifs is 1. The average molecular weight is 473 g/mol. The van der Waals surface area contributed by atoms with Gasteiger partial charge in [0.05, 0.1) is 18.6 Å². The molecular formula is C22H24N4O2S3. The number of rotatable bonds is 7. The number of methoxy groups -OCH3 is 1. The summed E-state index contributed by atoms with van der Waals surface area (Å²) in [6.45, 7) is 3.61. The predicted molar refractivity (Wildman–Crippen MR) is 130 cm³/mol. The van der Waals surface area contributed by atoms with E-state index >= 15 is 0 Å². The van der Waals surface area contributed by atoms with Gasteiger partial charge in [0.1, 0.15) is 5.75 Å². The van der Waals surface area contributed by atoms with Crippen LogP contribution in [-0.2, 0) is 11.3 Å². The van der Waals surface area contributed by atoms with Gasteiger partial charge >= 0.3 is 0 Å². The predicted octanol–water partition coefficient (Wildman–Crippen LogP) is 5.17. The number of para-hydroxylation sites is 1. The third-order valence-corrected chi connectivity index (χ3v) is 8.11. The van der Waals surface area contributed by atoms with Crippen LogP contribution in [0.5, 0.6) is 5.75 Å². The first kappa shape index (κ1) is 22.0. The molecule has 1 N–H and O–H groups in total. The molecule has 3 aromatic rings. The van der Waals surface area contributed by atoms with E-state index in [1.54, 1.807) is 7.11 Å². The Morgan fingerprint density at radius 2 is 2.03 bits per heavy atom. The van der Waals surface area contributed by atoms with Crippen molar-refractivity contribution in [3.8, 4) is 5.75 Å². The summed E-state index contributed by atoms with van der Waals surface area (Å²) < 4.78 is 5.97. The van der Waals surface area contributed by atoms with Crippen molar-refractivity contribution in [2.75, 3.05) is 29.6 Å². The van der Waals surface area contributed by atoms with Crippen molar-refractivity contribution < 1.29 is 9.53 Å². The largest absolute Gasteiger partial charge is 0.497 e. The summed E-state index contributed by atoms with van der Waals surface area (Å²) in [4.78, 5) is 16.1. The number of ether oxygens (including phenoxy) is 1. The van der Waals surface area contributed by atoms with Crippen LogP contribution in [0, 0.1) is 0 Å². The number of aromatic nitrogens is 2. The van der Waals surface area contributed by atoms with Gasteiger partial charge in [0.2, 0.25) is 11.0 Å². The Bertz CT molecular complexity index is 1030. The highest BCUT2D eigenvalue weighted by Crippen LogP contribution is 2.37. The van der Waals surface area contributed by atoms with Crippen LogP contribution < -0.4 is 15.0 Å². The quantitative estimate of drug-likeness (QED) is 0.476. The molecule has 0 saturated heterocycles. The lowest BCUT2D eigenvalue weighted by molar-refractivity contribution is -0.116. The molecule has 1 aliphatic rings. The van der Waals surface area contributed by atoms with Gasteiger partial charge in [-0.1, -0.05) is 54.3 Å². The van der Waals surface area contributed by atoms with Crippen molar-refractivity contribution in [2.24, 2.45) is 0 Å². The summed E-state index contributed by atoms with van der Waals surface area (Å²) in [6.07, 6.45) is 0.980. The third-order valence-electron chi connectivity index (χ3n) is 4.87. The monoisotopic (exact) mass is 472 g/mol. The number of hydrogen-bond acceptors (Lipinski definition) is 8. The fourth-order valence-electron chi connectivity index (χ4n) is 3.21. The van der Waals surface area contributed by atoms with E-state index in [4.69, 9.17) is 4.74 Å². The minimum Gasteiger partial charge on any atom is -0.497 e. The van der Waals surface area contributed by atoms with Crippen LogP contribution in [-0.4, -0.2) is 40.8 Å².